The van der Waals surface area contributed by atoms with Crippen LogP contribution in [0.15, 0.2) is 36.4 Å². The highest BCUT2D eigenvalue weighted by Gasteiger charge is 2.14. The molecule has 1 aromatic carbocycles. The van der Waals surface area contributed by atoms with Crippen LogP contribution in [0.5, 0.6) is 11.5 Å². The Kier molecular flexibility index (Phi) is 3.26. The van der Waals surface area contributed by atoms with Gasteiger partial charge in [0.15, 0.2) is 5.78 Å². The maximum atomic E-state index is 10.9. The van der Waals surface area contributed by atoms with Crippen molar-refractivity contribution in [3.05, 3.63) is 47.0 Å². The molecule has 0 saturated heterocycles. The van der Waals surface area contributed by atoms with Gasteiger partial charge >= 0.3 is 0 Å². The Morgan fingerprint density at radius 3 is 1.78 bits per heavy atom. The number of hydrogen-bond donors (Lipinski definition) is 2. The zero-order valence-electron chi connectivity index (χ0n) is 9.64. The van der Waals surface area contributed by atoms with E-state index in [0.29, 0.717) is 0 Å². The number of carbonyl (C=O) groups is 1. The molecule has 0 unspecified atom stereocenters. The predicted octanol–water partition coefficient (Wildman–Crippen LogP) is 3.62. The molecule has 0 aliphatic heterocycles. The van der Waals surface area contributed by atoms with Crippen molar-refractivity contribution < 1.29 is 15.0 Å². The van der Waals surface area contributed by atoms with Gasteiger partial charge in [0.05, 0.1) is 5.02 Å². The van der Waals surface area contributed by atoms with Crippen LogP contribution in [-0.2, 0) is 0 Å². The monoisotopic (exact) mass is 262 g/mol. The Hall–Kier alpha value is -2.00. The summed E-state index contributed by atoms with van der Waals surface area (Å²) in [7, 11) is 0. The van der Waals surface area contributed by atoms with Gasteiger partial charge in [-0.3, -0.25) is 4.79 Å². The first-order valence-electron chi connectivity index (χ1n) is 5.32. The minimum absolute atomic E-state index is 0.0537. The number of halogens is 1. The lowest BCUT2D eigenvalue weighted by Gasteiger charge is -2.10. The summed E-state index contributed by atoms with van der Waals surface area (Å²) < 4.78 is 0. The first-order chi connectivity index (χ1) is 8.50. The Morgan fingerprint density at radius 2 is 1.50 bits per heavy atom. The number of phenolic OH excluding ortho intramolecular Hbond substituents is 2. The maximum Gasteiger partial charge on any atom is 0.167 e. The van der Waals surface area contributed by atoms with Gasteiger partial charge in [-0.2, -0.15) is 0 Å². The molecule has 18 heavy (non-hydrogen) atoms. The standard InChI is InChI=1S/C8H7ClO3.C6H4/c1-4(10)7-6(11)3-2-5(9)8(7)12;1-2-6-4-3-5(1)6/h2-3,11-12H,1H3;1-4H. The van der Waals surface area contributed by atoms with Gasteiger partial charge in [-0.1, -0.05) is 35.9 Å². The predicted molar refractivity (Wildman–Crippen MR) is 70.2 cm³/mol. The van der Waals surface area contributed by atoms with E-state index in [4.69, 9.17) is 16.7 Å². The highest BCUT2D eigenvalue weighted by atomic mass is 35.5. The number of rotatable bonds is 1. The molecule has 3 nitrogen and oxygen atoms in total. The molecule has 0 aromatic heterocycles. The fourth-order valence-electron chi connectivity index (χ4n) is 1.56. The minimum atomic E-state index is -0.424. The molecule has 0 fully saturated rings. The van der Waals surface area contributed by atoms with Crippen LogP contribution in [0.3, 0.4) is 0 Å². The Bertz CT molecular complexity index is 582. The first kappa shape index (κ1) is 12.5. The third-order valence-corrected chi connectivity index (χ3v) is 2.98. The highest BCUT2D eigenvalue weighted by molar-refractivity contribution is 6.32. The zero-order valence-corrected chi connectivity index (χ0v) is 10.4. The lowest BCUT2D eigenvalue weighted by atomic mass is 9.95. The molecular weight excluding hydrogens is 252 g/mol. The fraction of sp³-hybridized carbons (Fsp3) is 0.0714. The van der Waals surface area contributed by atoms with Crippen LogP contribution < -0.4 is 0 Å². The van der Waals surface area contributed by atoms with E-state index in [1.165, 1.54) is 30.2 Å². The molecular formula is C14H11ClO3. The molecule has 2 N–H and O–H groups in total. The maximum absolute atomic E-state index is 10.9. The SMILES string of the molecule is CC(=O)c1c(O)ccc(Cl)c1O.c1cc2ccc1-2. The molecule has 2 aliphatic rings. The highest BCUT2D eigenvalue weighted by Crippen LogP contribution is 2.33. The number of carbonyl (C=O) groups excluding carboxylic acids is 1. The van der Waals surface area contributed by atoms with E-state index in [1.54, 1.807) is 0 Å². The lowest BCUT2D eigenvalue weighted by molar-refractivity contribution is 0.101. The van der Waals surface area contributed by atoms with E-state index in [9.17, 15) is 9.90 Å². The van der Waals surface area contributed by atoms with E-state index in [1.807, 2.05) is 0 Å². The second-order valence-electron chi connectivity index (χ2n) is 3.92. The molecule has 0 amide bonds. The van der Waals surface area contributed by atoms with Gasteiger partial charge in [0.25, 0.3) is 0 Å². The van der Waals surface area contributed by atoms with Crippen LogP contribution in [0, 0.1) is 0 Å². The molecule has 0 spiro atoms. The second-order valence-corrected chi connectivity index (χ2v) is 4.33. The van der Waals surface area contributed by atoms with E-state index < -0.39 is 5.78 Å². The van der Waals surface area contributed by atoms with Crippen molar-refractivity contribution in [1.29, 1.82) is 0 Å². The molecule has 2 aliphatic carbocycles. The van der Waals surface area contributed by atoms with Gasteiger partial charge in [-0.15, -0.1) is 0 Å². The summed E-state index contributed by atoms with van der Waals surface area (Å²) in [6.07, 6.45) is 0. The molecule has 0 radical (unpaired) electrons. The van der Waals surface area contributed by atoms with Gasteiger partial charge in [0, 0.05) is 0 Å². The molecule has 0 bridgehead atoms. The Morgan fingerprint density at radius 1 is 1.00 bits per heavy atom. The van der Waals surface area contributed by atoms with Crippen molar-refractivity contribution in [2.45, 2.75) is 6.92 Å². The summed E-state index contributed by atoms with van der Waals surface area (Å²) in [4.78, 5) is 10.9. The molecule has 92 valence electrons. The zero-order chi connectivity index (χ0) is 13.3. The topological polar surface area (TPSA) is 57.5 Å². The van der Waals surface area contributed by atoms with Crippen molar-refractivity contribution in [3.8, 4) is 22.6 Å². The fourth-order valence-corrected chi connectivity index (χ4v) is 1.72. The smallest absolute Gasteiger partial charge is 0.167 e. The van der Waals surface area contributed by atoms with Crippen molar-refractivity contribution in [2.75, 3.05) is 0 Å². The first-order valence-corrected chi connectivity index (χ1v) is 5.70. The largest absolute Gasteiger partial charge is 0.507 e. The van der Waals surface area contributed by atoms with Crippen LogP contribution >= 0.6 is 11.6 Å². The van der Waals surface area contributed by atoms with Gasteiger partial charge in [-0.25, -0.2) is 0 Å². The van der Waals surface area contributed by atoms with Crippen molar-refractivity contribution >= 4 is 17.4 Å². The summed E-state index contributed by atoms with van der Waals surface area (Å²) in [6.45, 7) is 1.24. The number of fused-ring (bicyclic) bond motifs is 1. The number of phenols is 2. The van der Waals surface area contributed by atoms with Crippen molar-refractivity contribution in [2.24, 2.45) is 0 Å². The van der Waals surface area contributed by atoms with E-state index in [0.717, 1.165) is 0 Å². The van der Waals surface area contributed by atoms with Crippen LogP contribution in [0.25, 0.3) is 11.1 Å². The van der Waals surface area contributed by atoms with Crippen LogP contribution in [0.4, 0.5) is 0 Å². The van der Waals surface area contributed by atoms with Crippen molar-refractivity contribution in [3.63, 3.8) is 0 Å². The average Bonchev–Trinajstić information content (AvgIpc) is 2.29. The van der Waals surface area contributed by atoms with Crippen LogP contribution in [-0.4, -0.2) is 16.0 Å². The number of hydrogen-bond acceptors (Lipinski definition) is 3. The third kappa shape index (κ3) is 2.17. The number of Topliss-reactive ketones (excluding diaryl/α,β-unsaturated/α-hetero) is 1. The number of benzene rings is 2. The average molecular weight is 263 g/mol. The van der Waals surface area contributed by atoms with Crippen LogP contribution in [0.1, 0.15) is 17.3 Å². The molecule has 0 saturated carbocycles. The van der Waals surface area contributed by atoms with Gasteiger partial charge in [0.2, 0.25) is 0 Å². The van der Waals surface area contributed by atoms with Gasteiger partial charge < -0.3 is 10.2 Å². The van der Waals surface area contributed by atoms with E-state index in [-0.39, 0.29) is 22.1 Å². The second kappa shape index (κ2) is 4.70. The van der Waals surface area contributed by atoms with Crippen LogP contribution in [0.2, 0.25) is 5.02 Å². The number of aromatic hydroxyl groups is 2. The third-order valence-electron chi connectivity index (χ3n) is 2.68. The lowest BCUT2D eigenvalue weighted by Crippen LogP contribution is -1.93. The summed E-state index contributed by atoms with van der Waals surface area (Å²) in [5.41, 5.74) is 2.72. The van der Waals surface area contributed by atoms with Gasteiger partial charge in [0.1, 0.15) is 17.1 Å². The molecule has 0 atom stereocenters. The normalized spacial score (nSPS) is 10.3. The van der Waals surface area contributed by atoms with Crippen molar-refractivity contribution in [1.82, 2.24) is 0 Å². The summed E-state index contributed by atoms with van der Waals surface area (Å²) in [6, 6.07) is 11.1. The quantitative estimate of drug-likeness (QED) is 0.659. The Labute approximate surface area is 109 Å². The van der Waals surface area contributed by atoms with Gasteiger partial charge in [-0.05, 0) is 30.2 Å². The Balaban J connectivity index is 0.000000164. The summed E-state index contributed by atoms with van der Waals surface area (Å²) in [5, 5.41) is 18.4. The number of ketones is 1. The summed E-state index contributed by atoms with van der Waals surface area (Å²) >= 11 is 5.52. The molecule has 0 heterocycles. The molecule has 3 rings (SSSR count). The molecule has 1 aromatic rings. The van der Waals surface area contributed by atoms with E-state index in [2.05, 4.69) is 24.3 Å². The van der Waals surface area contributed by atoms with E-state index >= 15 is 0 Å². The molecule has 4 heteroatoms. The minimum Gasteiger partial charge on any atom is -0.507 e. The summed E-state index contributed by atoms with van der Waals surface area (Å²) in [5.74, 6) is -1.05.